The van der Waals surface area contributed by atoms with E-state index in [2.05, 4.69) is 0 Å². The normalized spacial score (nSPS) is 26.0. The Bertz CT molecular complexity index is 416. The lowest BCUT2D eigenvalue weighted by Crippen LogP contribution is -2.58. The second-order valence-corrected chi connectivity index (χ2v) is 7.54. The summed E-state index contributed by atoms with van der Waals surface area (Å²) in [5, 5.41) is 10.9. The smallest absolute Gasteiger partial charge is 0.104 e. The largest absolute Gasteiger partial charge is 0.384 e. The van der Waals surface area contributed by atoms with Crippen LogP contribution in [0, 0.1) is 0 Å². The number of hydrogen-bond acceptors (Lipinski definition) is 4. The molecule has 7 N–H and O–H groups in total. The first-order chi connectivity index (χ1) is 8.17. The lowest BCUT2D eigenvalue weighted by Gasteiger charge is -2.44. The van der Waals surface area contributed by atoms with Crippen LogP contribution in [0.4, 0.5) is 0 Å². The minimum atomic E-state index is -1.14. The zero-order valence-electron chi connectivity index (χ0n) is 13.0. The van der Waals surface area contributed by atoms with Crippen molar-refractivity contribution in [3.63, 3.8) is 0 Å². The predicted octanol–water partition coefficient (Wildman–Crippen LogP) is 1.19. The molecule has 0 spiro atoms. The molecule has 110 valence electrons. The van der Waals surface area contributed by atoms with E-state index in [1.54, 1.807) is 6.08 Å². The van der Waals surface area contributed by atoms with Crippen molar-refractivity contribution in [1.82, 2.24) is 0 Å². The lowest BCUT2D eigenvalue weighted by molar-refractivity contribution is 0.0202. The molecule has 4 nitrogen and oxygen atoms in total. The van der Waals surface area contributed by atoms with E-state index in [9.17, 15) is 5.11 Å². The highest BCUT2D eigenvalue weighted by Crippen LogP contribution is 2.39. The van der Waals surface area contributed by atoms with Gasteiger partial charge in [0.1, 0.15) is 5.60 Å². The van der Waals surface area contributed by atoms with Crippen molar-refractivity contribution in [2.75, 3.05) is 0 Å². The Balaban J connectivity index is 3.39. The van der Waals surface area contributed by atoms with Gasteiger partial charge in [-0.15, -0.1) is 0 Å². The zero-order chi connectivity index (χ0) is 15.3. The summed E-state index contributed by atoms with van der Waals surface area (Å²) in [5.74, 6) is 0. The molecule has 1 aliphatic rings. The highest BCUT2D eigenvalue weighted by Gasteiger charge is 2.44. The van der Waals surface area contributed by atoms with Gasteiger partial charge in [0.25, 0.3) is 0 Å². The Hall–Kier alpha value is -0.680. The molecule has 0 amide bonds. The second-order valence-electron chi connectivity index (χ2n) is 7.54. The molecule has 0 heterocycles. The van der Waals surface area contributed by atoms with Crippen LogP contribution in [0.1, 0.15) is 48.0 Å². The molecule has 1 rings (SSSR count). The van der Waals surface area contributed by atoms with Gasteiger partial charge in [0.15, 0.2) is 0 Å². The molecule has 4 heteroatoms. The average Bonchev–Trinajstić information content (AvgIpc) is 2.12. The van der Waals surface area contributed by atoms with Gasteiger partial charge in [-0.2, -0.15) is 0 Å². The van der Waals surface area contributed by atoms with Crippen LogP contribution in [0.3, 0.4) is 0 Å². The predicted molar refractivity (Wildman–Crippen MR) is 80.5 cm³/mol. The third-order valence-electron chi connectivity index (χ3n) is 3.87. The van der Waals surface area contributed by atoms with Gasteiger partial charge in [-0.05, 0) is 58.8 Å². The van der Waals surface area contributed by atoms with Crippen molar-refractivity contribution in [3.8, 4) is 0 Å². The molecule has 0 aromatic heterocycles. The molecule has 1 unspecified atom stereocenters. The van der Waals surface area contributed by atoms with E-state index in [0.29, 0.717) is 6.42 Å². The van der Waals surface area contributed by atoms with Gasteiger partial charge in [0, 0.05) is 23.0 Å². The highest BCUT2D eigenvalue weighted by molar-refractivity contribution is 5.43. The monoisotopic (exact) mass is 267 g/mol. The van der Waals surface area contributed by atoms with Gasteiger partial charge >= 0.3 is 0 Å². The topological polar surface area (TPSA) is 98.3 Å². The SMILES string of the molecule is CC(C)(N)C1=CC(O)(C(C)(C)N)CC(C(C)(C)N)=C1. The van der Waals surface area contributed by atoms with Crippen molar-refractivity contribution in [1.29, 1.82) is 0 Å². The summed E-state index contributed by atoms with van der Waals surface area (Å²) in [6.07, 6.45) is 4.22. The summed E-state index contributed by atoms with van der Waals surface area (Å²) in [7, 11) is 0. The standard InChI is InChI=1S/C15H29N3O/c1-12(2,16)10-7-11(13(3,4)17)9-15(19,8-10)14(5,6)18/h7-8,19H,9,16-18H2,1-6H3. The zero-order valence-corrected chi connectivity index (χ0v) is 13.0. The number of aliphatic hydroxyl groups is 1. The van der Waals surface area contributed by atoms with Crippen LogP contribution in [0.15, 0.2) is 23.3 Å². The molecular formula is C15H29N3O. The quantitative estimate of drug-likeness (QED) is 0.617. The number of rotatable bonds is 3. The van der Waals surface area contributed by atoms with Gasteiger partial charge < -0.3 is 22.3 Å². The van der Waals surface area contributed by atoms with Gasteiger partial charge in [0.05, 0.1) is 0 Å². The van der Waals surface area contributed by atoms with E-state index in [4.69, 9.17) is 17.2 Å². The van der Waals surface area contributed by atoms with E-state index in [1.807, 2.05) is 47.6 Å². The molecular weight excluding hydrogens is 238 g/mol. The molecule has 0 bridgehead atoms. The molecule has 0 saturated carbocycles. The summed E-state index contributed by atoms with van der Waals surface area (Å²) in [6, 6.07) is 0. The number of nitrogens with two attached hydrogens (primary N) is 3. The van der Waals surface area contributed by atoms with Crippen LogP contribution in [-0.4, -0.2) is 27.3 Å². The van der Waals surface area contributed by atoms with Crippen molar-refractivity contribution in [2.24, 2.45) is 17.2 Å². The fourth-order valence-corrected chi connectivity index (χ4v) is 2.08. The maximum Gasteiger partial charge on any atom is 0.104 e. The van der Waals surface area contributed by atoms with Crippen LogP contribution in [0.25, 0.3) is 0 Å². The summed E-state index contributed by atoms with van der Waals surface area (Å²) in [6.45, 7) is 11.3. The van der Waals surface area contributed by atoms with Crippen LogP contribution >= 0.6 is 0 Å². The van der Waals surface area contributed by atoms with Crippen LogP contribution in [0.2, 0.25) is 0 Å². The highest BCUT2D eigenvalue weighted by atomic mass is 16.3. The molecule has 0 aromatic rings. The summed E-state index contributed by atoms with van der Waals surface area (Å²) < 4.78 is 0. The van der Waals surface area contributed by atoms with Crippen molar-refractivity contribution >= 4 is 0 Å². The van der Waals surface area contributed by atoms with Crippen LogP contribution in [-0.2, 0) is 0 Å². The first-order valence-electron chi connectivity index (χ1n) is 6.70. The summed E-state index contributed by atoms with van der Waals surface area (Å²) in [5.41, 5.74) is 17.4. The lowest BCUT2D eigenvalue weighted by atomic mass is 9.69. The third-order valence-corrected chi connectivity index (χ3v) is 3.87. The van der Waals surface area contributed by atoms with E-state index in [0.717, 1.165) is 11.1 Å². The first-order valence-corrected chi connectivity index (χ1v) is 6.70. The summed E-state index contributed by atoms with van der Waals surface area (Å²) >= 11 is 0. The van der Waals surface area contributed by atoms with Gasteiger partial charge in [-0.3, -0.25) is 0 Å². The van der Waals surface area contributed by atoms with E-state index >= 15 is 0 Å². The molecule has 0 radical (unpaired) electrons. The van der Waals surface area contributed by atoms with E-state index in [-0.39, 0.29) is 0 Å². The number of hydrogen-bond donors (Lipinski definition) is 4. The van der Waals surface area contributed by atoms with Crippen molar-refractivity contribution in [2.45, 2.75) is 70.2 Å². The Kier molecular flexibility index (Phi) is 3.81. The molecule has 0 aromatic carbocycles. The Labute approximate surface area is 116 Å². The molecule has 0 fully saturated rings. The molecule has 1 aliphatic carbocycles. The van der Waals surface area contributed by atoms with Gasteiger partial charge in [0.2, 0.25) is 0 Å². The minimum Gasteiger partial charge on any atom is -0.384 e. The molecule has 0 saturated heterocycles. The van der Waals surface area contributed by atoms with Crippen molar-refractivity contribution in [3.05, 3.63) is 23.3 Å². The fourth-order valence-electron chi connectivity index (χ4n) is 2.08. The first kappa shape index (κ1) is 16.4. The molecule has 1 atom stereocenters. The van der Waals surface area contributed by atoms with E-state index in [1.165, 1.54) is 0 Å². The van der Waals surface area contributed by atoms with Gasteiger partial charge in [-0.1, -0.05) is 6.08 Å². The van der Waals surface area contributed by atoms with Crippen LogP contribution < -0.4 is 17.2 Å². The Morgan fingerprint density at radius 2 is 1.47 bits per heavy atom. The second kappa shape index (κ2) is 4.42. The molecule has 19 heavy (non-hydrogen) atoms. The minimum absolute atomic E-state index is 0.430. The Morgan fingerprint density at radius 1 is 1.00 bits per heavy atom. The summed E-state index contributed by atoms with van der Waals surface area (Å²) in [4.78, 5) is 0. The van der Waals surface area contributed by atoms with Crippen molar-refractivity contribution < 1.29 is 5.11 Å². The third kappa shape index (κ3) is 3.45. The maximum atomic E-state index is 10.9. The maximum absolute atomic E-state index is 10.9. The Morgan fingerprint density at radius 3 is 1.79 bits per heavy atom. The van der Waals surface area contributed by atoms with E-state index < -0.39 is 22.2 Å². The fraction of sp³-hybridized carbons (Fsp3) is 0.733. The van der Waals surface area contributed by atoms with Gasteiger partial charge in [-0.25, -0.2) is 0 Å². The average molecular weight is 267 g/mol. The molecule has 0 aliphatic heterocycles. The van der Waals surface area contributed by atoms with Crippen LogP contribution in [0.5, 0.6) is 0 Å².